The first-order valence-electron chi connectivity index (χ1n) is 12.8. The SMILES string of the molecule is CCCCCCCCCCCNc1c(CCCC)c(C)c(C#N)c2nc3ccccc3n12. The van der Waals surface area contributed by atoms with Crippen LogP contribution in [0, 0.1) is 18.3 Å². The van der Waals surface area contributed by atoms with Crippen molar-refractivity contribution >= 4 is 22.5 Å². The molecule has 0 fully saturated rings. The first-order chi connectivity index (χ1) is 15.7. The van der Waals surface area contributed by atoms with E-state index in [0.29, 0.717) is 5.56 Å². The summed E-state index contributed by atoms with van der Waals surface area (Å²) < 4.78 is 2.19. The highest BCUT2D eigenvalue weighted by molar-refractivity contribution is 5.86. The summed E-state index contributed by atoms with van der Waals surface area (Å²) in [6.07, 6.45) is 15.2. The van der Waals surface area contributed by atoms with Gasteiger partial charge < -0.3 is 5.32 Å². The van der Waals surface area contributed by atoms with Crippen molar-refractivity contribution in [2.45, 2.75) is 97.8 Å². The zero-order valence-electron chi connectivity index (χ0n) is 20.3. The molecule has 172 valence electrons. The second-order valence-corrected chi connectivity index (χ2v) is 9.06. The van der Waals surface area contributed by atoms with Crippen molar-refractivity contribution in [3.05, 3.63) is 41.0 Å². The molecule has 4 nitrogen and oxygen atoms in total. The van der Waals surface area contributed by atoms with Crippen molar-refractivity contribution in [1.29, 1.82) is 5.26 Å². The minimum absolute atomic E-state index is 0.709. The number of unbranched alkanes of at least 4 members (excludes halogenated alkanes) is 9. The van der Waals surface area contributed by atoms with Gasteiger partial charge in [0, 0.05) is 6.54 Å². The highest BCUT2D eigenvalue weighted by Gasteiger charge is 2.20. The molecule has 0 atom stereocenters. The highest BCUT2D eigenvalue weighted by Crippen LogP contribution is 2.32. The standard InChI is InChI=1S/C28H40N4/c1-4-6-8-9-10-11-12-13-16-20-30-27-23(17-7-5-2)22(3)24(21-29)28-31-25-18-14-15-19-26(25)32(27)28/h14-15,18-19,30H,4-13,16-17,20H2,1-3H3. The zero-order chi connectivity index (χ0) is 22.8. The molecular formula is C28H40N4. The fourth-order valence-electron chi connectivity index (χ4n) is 4.67. The van der Waals surface area contributed by atoms with Crippen LogP contribution in [0.4, 0.5) is 5.82 Å². The molecule has 0 bridgehead atoms. The van der Waals surface area contributed by atoms with Crippen LogP contribution >= 0.6 is 0 Å². The van der Waals surface area contributed by atoms with Crippen LogP contribution in [0.5, 0.6) is 0 Å². The van der Waals surface area contributed by atoms with E-state index in [-0.39, 0.29) is 0 Å². The van der Waals surface area contributed by atoms with Crippen molar-refractivity contribution < 1.29 is 0 Å². The average Bonchev–Trinajstić information content (AvgIpc) is 3.18. The lowest BCUT2D eigenvalue weighted by molar-refractivity contribution is 0.569. The molecule has 0 amide bonds. The second-order valence-electron chi connectivity index (χ2n) is 9.06. The summed E-state index contributed by atoms with van der Waals surface area (Å²) in [4.78, 5) is 4.83. The van der Waals surface area contributed by atoms with Crippen molar-refractivity contribution in [3.8, 4) is 6.07 Å². The fourth-order valence-corrected chi connectivity index (χ4v) is 4.67. The van der Waals surface area contributed by atoms with E-state index in [2.05, 4.69) is 48.7 Å². The Morgan fingerprint density at radius 2 is 1.56 bits per heavy atom. The van der Waals surface area contributed by atoms with Gasteiger partial charge in [-0.1, -0.05) is 83.8 Å². The quantitative estimate of drug-likeness (QED) is 0.263. The van der Waals surface area contributed by atoms with Gasteiger partial charge in [-0.15, -0.1) is 0 Å². The van der Waals surface area contributed by atoms with Gasteiger partial charge in [0.2, 0.25) is 0 Å². The van der Waals surface area contributed by atoms with Crippen LogP contribution in [0.15, 0.2) is 24.3 Å². The molecule has 1 aromatic carbocycles. The van der Waals surface area contributed by atoms with Gasteiger partial charge in [0.25, 0.3) is 0 Å². The number of para-hydroxylation sites is 2. The average molecular weight is 433 g/mol. The lowest BCUT2D eigenvalue weighted by Crippen LogP contribution is -2.12. The van der Waals surface area contributed by atoms with Gasteiger partial charge in [0.05, 0.1) is 16.6 Å². The summed E-state index contributed by atoms with van der Waals surface area (Å²) in [6.45, 7) is 7.55. The molecule has 0 saturated carbocycles. The van der Waals surface area contributed by atoms with Crippen molar-refractivity contribution in [2.24, 2.45) is 0 Å². The Kier molecular flexibility index (Phi) is 9.41. The summed E-state index contributed by atoms with van der Waals surface area (Å²) in [5.41, 5.74) is 5.86. The highest BCUT2D eigenvalue weighted by atomic mass is 15.1. The van der Waals surface area contributed by atoms with Crippen molar-refractivity contribution in [2.75, 3.05) is 11.9 Å². The molecule has 0 aliphatic heterocycles. The first-order valence-corrected chi connectivity index (χ1v) is 12.8. The lowest BCUT2D eigenvalue weighted by Gasteiger charge is -2.19. The van der Waals surface area contributed by atoms with Crippen molar-refractivity contribution in [3.63, 3.8) is 0 Å². The van der Waals surface area contributed by atoms with Gasteiger partial charge in [-0.05, 0) is 49.4 Å². The third-order valence-electron chi connectivity index (χ3n) is 6.59. The van der Waals surface area contributed by atoms with E-state index in [9.17, 15) is 5.26 Å². The largest absolute Gasteiger partial charge is 0.371 e. The second kappa shape index (κ2) is 12.5. The number of nitrogens with one attached hydrogen (secondary N) is 1. The van der Waals surface area contributed by atoms with E-state index in [1.807, 2.05) is 12.1 Å². The predicted octanol–water partition coefficient (Wildman–Crippen LogP) is 7.95. The molecule has 0 spiro atoms. The van der Waals surface area contributed by atoms with E-state index in [4.69, 9.17) is 4.98 Å². The van der Waals surface area contributed by atoms with Gasteiger partial charge >= 0.3 is 0 Å². The van der Waals surface area contributed by atoms with Crippen LogP contribution in [0.25, 0.3) is 16.7 Å². The maximum absolute atomic E-state index is 9.92. The molecule has 3 aromatic rings. The summed E-state index contributed by atoms with van der Waals surface area (Å²) in [5, 5.41) is 13.7. The molecule has 2 heterocycles. The maximum atomic E-state index is 9.92. The number of aromatic nitrogens is 2. The Balaban J connectivity index is 1.76. The third kappa shape index (κ3) is 5.63. The number of pyridine rings is 1. The van der Waals surface area contributed by atoms with Crippen LogP contribution in [0.1, 0.15) is 101 Å². The van der Waals surface area contributed by atoms with Gasteiger partial charge in [-0.2, -0.15) is 5.26 Å². The molecule has 0 radical (unpaired) electrons. The normalized spacial score (nSPS) is 11.3. The lowest BCUT2D eigenvalue weighted by atomic mass is 9.99. The summed E-state index contributed by atoms with van der Waals surface area (Å²) >= 11 is 0. The molecule has 2 aromatic heterocycles. The minimum atomic E-state index is 0.709. The topological polar surface area (TPSA) is 53.1 Å². The molecule has 0 unspecified atom stereocenters. The van der Waals surface area contributed by atoms with Crippen LogP contribution in [-0.4, -0.2) is 15.9 Å². The molecule has 32 heavy (non-hydrogen) atoms. The number of imidazole rings is 1. The molecule has 0 aliphatic carbocycles. The first kappa shape index (κ1) is 24.1. The van der Waals surface area contributed by atoms with Gasteiger partial charge in [0.1, 0.15) is 11.9 Å². The number of anilines is 1. The molecular weight excluding hydrogens is 392 g/mol. The Hall–Kier alpha value is -2.54. The summed E-state index contributed by atoms with van der Waals surface area (Å²) in [5.74, 6) is 1.14. The van der Waals surface area contributed by atoms with E-state index in [1.165, 1.54) is 63.4 Å². The number of nitrogens with zero attached hydrogens (tertiary/aromatic N) is 3. The van der Waals surface area contributed by atoms with Crippen LogP contribution in [-0.2, 0) is 6.42 Å². The predicted molar refractivity (Wildman–Crippen MR) is 136 cm³/mol. The van der Waals surface area contributed by atoms with Crippen molar-refractivity contribution in [1.82, 2.24) is 9.38 Å². The molecule has 4 heteroatoms. The summed E-state index contributed by atoms with van der Waals surface area (Å²) in [7, 11) is 0. The number of fused-ring (bicyclic) bond motifs is 3. The Bertz CT molecular complexity index is 1040. The number of benzene rings is 1. The van der Waals surface area contributed by atoms with Crippen LogP contribution < -0.4 is 5.32 Å². The third-order valence-corrected chi connectivity index (χ3v) is 6.59. The number of rotatable bonds is 14. The minimum Gasteiger partial charge on any atom is -0.371 e. The van der Waals surface area contributed by atoms with E-state index in [0.717, 1.165) is 53.9 Å². The van der Waals surface area contributed by atoms with E-state index < -0.39 is 0 Å². The molecule has 1 N–H and O–H groups in total. The smallest absolute Gasteiger partial charge is 0.157 e. The number of hydrogen-bond acceptors (Lipinski definition) is 3. The number of hydrogen-bond donors (Lipinski definition) is 1. The monoisotopic (exact) mass is 432 g/mol. The zero-order valence-corrected chi connectivity index (χ0v) is 20.3. The van der Waals surface area contributed by atoms with E-state index in [1.54, 1.807) is 0 Å². The molecule has 3 rings (SSSR count). The Morgan fingerprint density at radius 1 is 0.906 bits per heavy atom. The van der Waals surface area contributed by atoms with Crippen LogP contribution in [0.3, 0.4) is 0 Å². The number of nitriles is 1. The summed E-state index contributed by atoms with van der Waals surface area (Å²) in [6, 6.07) is 10.7. The molecule has 0 aliphatic rings. The van der Waals surface area contributed by atoms with Gasteiger partial charge in [-0.25, -0.2) is 4.98 Å². The van der Waals surface area contributed by atoms with E-state index >= 15 is 0 Å². The Labute approximate surface area is 194 Å². The van der Waals surface area contributed by atoms with Crippen LogP contribution in [0.2, 0.25) is 0 Å². The molecule has 0 saturated heterocycles. The fraction of sp³-hybridized carbons (Fsp3) is 0.571. The van der Waals surface area contributed by atoms with Gasteiger partial charge in [0.15, 0.2) is 5.65 Å². The maximum Gasteiger partial charge on any atom is 0.157 e. The van der Waals surface area contributed by atoms with Gasteiger partial charge in [-0.3, -0.25) is 4.40 Å². The Morgan fingerprint density at radius 3 is 2.25 bits per heavy atom.